The van der Waals surface area contributed by atoms with Gasteiger partial charge in [-0.15, -0.1) is 15.0 Å². The maximum atomic E-state index is 5.94. The molecule has 1 aromatic heterocycles. The topological polar surface area (TPSA) is 66.4 Å². The maximum Gasteiger partial charge on any atom is 0.326 e. The van der Waals surface area contributed by atoms with Gasteiger partial charge >= 0.3 is 18.0 Å². The normalized spacial score (nSPS) is 10.6. The predicted molar refractivity (Wildman–Crippen MR) is 127 cm³/mol. The van der Waals surface area contributed by atoms with E-state index in [9.17, 15) is 0 Å². The zero-order valence-electron chi connectivity index (χ0n) is 17.2. The Morgan fingerprint density at radius 2 is 0.667 bits per heavy atom. The fourth-order valence-electron chi connectivity index (χ4n) is 2.70. The number of aromatic nitrogens is 3. The highest BCUT2D eigenvalue weighted by Crippen LogP contribution is 2.20. The summed E-state index contributed by atoms with van der Waals surface area (Å²) in [5, 5.41) is 1.94. The number of halogens is 3. The first kappa shape index (κ1) is 23.1. The average Bonchev–Trinajstić information content (AvgIpc) is 2.83. The van der Waals surface area contributed by atoms with Gasteiger partial charge in [-0.1, -0.05) is 71.2 Å². The molecule has 0 saturated carbocycles. The highest BCUT2D eigenvalue weighted by molar-refractivity contribution is 6.31. The predicted octanol–water partition coefficient (Wildman–Crippen LogP) is 6.57. The van der Waals surface area contributed by atoms with E-state index in [2.05, 4.69) is 15.0 Å². The average molecular weight is 503 g/mol. The number of nitrogens with zero attached hydrogens (tertiary/aromatic N) is 3. The van der Waals surface area contributed by atoms with Gasteiger partial charge in [-0.3, -0.25) is 0 Å². The van der Waals surface area contributed by atoms with Gasteiger partial charge in [-0.05, 0) is 53.1 Å². The van der Waals surface area contributed by atoms with Crippen LogP contribution in [0.4, 0.5) is 0 Å². The van der Waals surface area contributed by atoms with E-state index in [-0.39, 0.29) is 37.9 Å². The Balaban J connectivity index is 1.48. The number of hydrogen-bond acceptors (Lipinski definition) is 6. The molecular formula is C24H18Cl3N3O3. The first-order valence-electron chi connectivity index (χ1n) is 9.91. The van der Waals surface area contributed by atoms with Crippen molar-refractivity contribution in [2.24, 2.45) is 0 Å². The number of benzene rings is 3. The van der Waals surface area contributed by atoms with E-state index in [1.807, 2.05) is 36.4 Å². The minimum atomic E-state index is 0.0807. The van der Waals surface area contributed by atoms with Gasteiger partial charge in [-0.25, -0.2) is 0 Å². The largest absolute Gasteiger partial charge is 0.458 e. The molecule has 0 aliphatic rings. The van der Waals surface area contributed by atoms with Crippen LogP contribution in [0.15, 0.2) is 72.8 Å². The molecule has 6 nitrogen and oxygen atoms in total. The van der Waals surface area contributed by atoms with Gasteiger partial charge in [0.1, 0.15) is 19.8 Å². The Morgan fingerprint density at radius 3 is 0.909 bits per heavy atom. The highest BCUT2D eigenvalue weighted by atomic mass is 35.5. The van der Waals surface area contributed by atoms with Crippen molar-refractivity contribution in [2.45, 2.75) is 19.8 Å². The summed E-state index contributed by atoms with van der Waals surface area (Å²) in [4.78, 5) is 12.7. The molecule has 0 spiro atoms. The molecule has 0 aliphatic carbocycles. The van der Waals surface area contributed by atoms with Crippen molar-refractivity contribution in [1.82, 2.24) is 15.0 Å². The summed E-state index contributed by atoms with van der Waals surface area (Å²) in [5.41, 5.74) is 2.73. The van der Waals surface area contributed by atoms with E-state index in [0.717, 1.165) is 16.7 Å². The summed E-state index contributed by atoms with van der Waals surface area (Å²) in [6.07, 6.45) is 0. The number of hydrogen-bond donors (Lipinski definition) is 0. The first-order chi connectivity index (χ1) is 16.0. The fourth-order valence-corrected chi connectivity index (χ4v) is 3.08. The molecule has 33 heavy (non-hydrogen) atoms. The first-order valence-corrected chi connectivity index (χ1v) is 11.0. The molecule has 0 bridgehead atoms. The zero-order valence-corrected chi connectivity index (χ0v) is 19.5. The molecule has 0 fully saturated rings. The minimum absolute atomic E-state index is 0.0807. The lowest BCUT2D eigenvalue weighted by Gasteiger charge is -2.10. The lowest BCUT2D eigenvalue weighted by Crippen LogP contribution is -2.07. The Bertz CT molecular complexity index is 1030. The number of ether oxygens (including phenoxy) is 3. The molecule has 0 atom stereocenters. The van der Waals surface area contributed by atoms with Gasteiger partial charge in [-0.2, -0.15) is 0 Å². The van der Waals surface area contributed by atoms with E-state index in [1.54, 1.807) is 36.4 Å². The van der Waals surface area contributed by atoms with Gasteiger partial charge in [0.15, 0.2) is 0 Å². The van der Waals surface area contributed by atoms with Crippen LogP contribution >= 0.6 is 34.8 Å². The van der Waals surface area contributed by atoms with E-state index >= 15 is 0 Å². The molecule has 1 heterocycles. The fraction of sp³-hybridized carbons (Fsp3) is 0.125. The molecule has 9 heteroatoms. The van der Waals surface area contributed by atoms with E-state index in [4.69, 9.17) is 49.0 Å². The van der Waals surface area contributed by atoms with Crippen molar-refractivity contribution in [3.05, 3.63) is 105 Å². The Labute approximate surface area is 206 Å². The molecule has 0 amide bonds. The van der Waals surface area contributed by atoms with Crippen LogP contribution in [0.5, 0.6) is 18.0 Å². The van der Waals surface area contributed by atoms with Gasteiger partial charge in [0.25, 0.3) is 0 Å². The second-order valence-corrected chi connectivity index (χ2v) is 8.24. The summed E-state index contributed by atoms with van der Waals surface area (Å²) in [6, 6.07) is 22.1. The van der Waals surface area contributed by atoms with Gasteiger partial charge in [0.05, 0.1) is 0 Å². The second kappa shape index (κ2) is 11.2. The van der Waals surface area contributed by atoms with Gasteiger partial charge < -0.3 is 14.2 Å². The van der Waals surface area contributed by atoms with Gasteiger partial charge in [0, 0.05) is 15.1 Å². The molecule has 0 N–H and O–H groups in total. The Kier molecular flexibility index (Phi) is 7.83. The smallest absolute Gasteiger partial charge is 0.326 e. The summed E-state index contributed by atoms with van der Waals surface area (Å²) >= 11 is 17.8. The van der Waals surface area contributed by atoms with Crippen molar-refractivity contribution in [3.8, 4) is 18.0 Å². The van der Waals surface area contributed by atoms with Crippen LogP contribution in [0, 0.1) is 0 Å². The molecule has 0 aliphatic heterocycles. The molecular weight excluding hydrogens is 485 g/mol. The third kappa shape index (κ3) is 7.22. The SMILES string of the molecule is Clc1ccc(COc2nc(OCc3ccc(Cl)cc3)nc(OCc3ccc(Cl)cc3)n2)cc1. The van der Waals surface area contributed by atoms with Crippen LogP contribution in [-0.2, 0) is 19.8 Å². The Hall–Kier alpha value is -3.06. The van der Waals surface area contributed by atoms with Crippen molar-refractivity contribution in [1.29, 1.82) is 0 Å². The standard InChI is InChI=1S/C24H18Cl3N3O3/c25-19-7-1-16(2-8-19)13-31-22-28-23(32-14-17-3-9-20(26)10-4-17)30-24(29-22)33-15-18-5-11-21(27)12-6-18/h1-12H,13-15H2. The summed E-state index contributed by atoms with van der Waals surface area (Å²) in [5.74, 6) is 0. The molecule has 0 unspecified atom stereocenters. The molecule has 0 saturated heterocycles. The van der Waals surface area contributed by atoms with Crippen LogP contribution < -0.4 is 14.2 Å². The molecule has 3 aromatic carbocycles. The van der Waals surface area contributed by atoms with Gasteiger partial charge in [0.2, 0.25) is 0 Å². The highest BCUT2D eigenvalue weighted by Gasteiger charge is 2.11. The third-order valence-electron chi connectivity index (χ3n) is 4.42. The quantitative estimate of drug-likeness (QED) is 0.258. The lowest BCUT2D eigenvalue weighted by atomic mass is 10.2. The van der Waals surface area contributed by atoms with Crippen molar-refractivity contribution < 1.29 is 14.2 Å². The van der Waals surface area contributed by atoms with E-state index in [1.165, 1.54) is 0 Å². The van der Waals surface area contributed by atoms with Crippen molar-refractivity contribution >= 4 is 34.8 Å². The van der Waals surface area contributed by atoms with Crippen LogP contribution in [0.3, 0.4) is 0 Å². The van der Waals surface area contributed by atoms with Crippen LogP contribution in [-0.4, -0.2) is 15.0 Å². The number of rotatable bonds is 9. The molecule has 4 aromatic rings. The minimum Gasteiger partial charge on any atom is -0.458 e. The zero-order chi connectivity index (χ0) is 23.0. The van der Waals surface area contributed by atoms with Crippen LogP contribution in [0.25, 0.3) is 0 Å². The van der Waals surface area contributed by atoms with Crippen molar-refractivity contribution in [2.75, 3.05) is 0 Å². The van der Waals surface area contributed by atoms with Crippen molar-refractivity contribution in [3.63, 3.8) is 0 Å². The third-order valence-corrected chi connectivity index (χ3v) is 5.17. The van der Waals surface area contributed by atoms with Crippen LogP contribution in [0.1, 0.15) is 16.7 Å². The van der Waals surface area contributed by atoms with E-state index in [0.29, 0.717) is 15.1 Å². The lowest BCUT2D eigenvalue weighted by molar-refractivity contribution is 0.223. The molecule has 0 radical (unpaired) electrons. The molecule has 168 valence electrons. The second-order valence-electron chi connectivity index (χ2n) is 6.93. The van der Waals surface area contributed by atoms with E-state index < -0.39 is 0 Å². The monoisotopic (exact) mass is 501 g/mol. The van der Waals surface area contributed by atoms with Crippen LogP contribution in [0.2, 0.25) is 15.1 Å². The summed E-state index contributed by atoms with van der Waals surface area (Å²) in [7, 11) is 0. The molecule has 4 rings (SSSR count). The Morgan fingerprint density at radius 1 is 0.424 bits per heavy atom. The maximum absolute atomic E-state index is 5.94. The summed E-state index contributed by atoms with van der Waals surface area (Å²) < 4.78 is 17.2. The summed E-state index contributed by atoms with van der Waals surface area (Å²) in [6.45, 7) is 0.733.